The maximum Gasteiger partial charge on any atom is 0.0859 e. The van der Waals surface area contributed by atoms with Gasteiger partial charge >= 0.3 is 0 Å². The molecule has 0 unspecified atom stereocenters. The number of hydrogen-bond acceptors (Lipinski definition) is 1. The standard InChI is InChI=1S/C4Br3S/c5-2-1-8-4(7)3(2)6. The molecule has 0 spiro atoms. The first-order valence-electron chi connectivity index (χ1n) is 1.73. The summed E-state index contributed by atoms with van der Waals surface area (Å²) in [5.41, 5.74) is 0. The van der Waals surface area contributed by atoms with E-state index in [1.165, 1.54) is 11.3 Å². The van der Waals surface area contributed by atoms with Crippen molar-refractivity contribution in [3.05, 3.63) is 18.1 Å². The van der Waals surface area contributed by atoms with Crippen molar-refractivity contribution >= 4 is 59.1 Å². The first-order valence-corrected chi connectivity index (χ1v) is 4.92. The summed E-state index contributed by atoms with van der Waals surface area (Å²) in [5.74, 6) is 0. The van der Waals surface area contributed by atoms with Crippen LogP contribution in [0.15, 0.2) is 12.7 Å². The summed E-state index contributed by atoms with van der Waals surface area (Å²) in [6.45, 7) is 0. The Morgan fingerprint density at radius 1 is 1.25 bits per heavy atom. The highest BCUT2D eigenvalue weighted by Gasteiger charge is 2.01. The van der Waals surface area contributed by atoms with E-state index in [0.717, 1.165) is 12.7 Å². The summed E-state index contributed by atoms with van der Waals surface area (Å²) in [4.78, 5) is 0. The van der Waals surface area contributed by atoms with Gasteiger partial charge in [-0.1, -0.05) is 0 Å². The first kappa shape index (κ1) is 7.25. The van der Waals surface area contributed by atoms with Gasteiger partial charge < -0.3 is 0 Å². The van der Waals surface area contributed by atoms with E-state index in [0.29, 0.717) is 0 Å². The van der Waals surface area contributed by atoms with E-state index in [9.17, 15) is 0 Å². The van der Waals surface area contributed by atoms with E-state index in [-0.39, 0.29) is 0 Å². The molecule has 0 bridgehead atoms. The van der Waals surface area contributed by atoms with Crippen molar-refractivity contribution in [2.75, 3.05) is 0 Å². The highest BCUT2D eigenvalue weighted by molar-refractivity contribution is 9.14. The molecule has 0 nitrogen and oxygen atoms in total. The Morgan fingerprint density at radius 2 is 1.88 bits per heavy atom. The molecule has 0 fully saturated rings. The van der Waals surface area contributed by atoms with Crippen LogP contribution in [-0.2, 0) is 0 Å². The van der Waals surface area contributed by atoms with E-state index in [1.807, 2.05) is 0 Å². The molecule has 1 aromatic heterocycles. The molecule has 0 aromatic carbocycles. The third kappa shape index (κ3) is 1.35. The first-order chi connectivity index (χ1) is 3.72. The van der Waals surface area contributed by atoms with Gasteiger partial charge in [0.05, 0.1) is 18.1 Å². The Morgan fingerprint density at radius 3 is 2.00 bits per heavy atom. The molecule has 1 heterocycles. The van der Waals surface area contributed by atoms with Gasteiger partial charge in [0, 0.05) is 0 Å². The van der Waals surface area contributed by atoms with Crippen molar-refractivity contribution in [3.8, 4) is 0 Å². The van der Waals surface area contributed by atoms with Crippen molar-refractivity contribution in [2.24, 2.45) is 0 Å². The lowest BCUT2D eigenvalue weighted by atomic mass is 10.7. The fourth-order valence-electron chi connectivity index (χ4n) is 0.265. The Labute approximate surface area is 76.7 Å². The van der Waals surface area contributed by atoms with Gasteiger partial charge in [0.2, 0.25) is 0 Å². The zero-order valence-corrected chi connectivity index (χ0v) is 9.12. The molecule has 0 amide bonds. The Hall–Kier alpha value is 1.14. The van der Waals surface area contributed by atoms with E-state index < -0.39 is 0 Å². The highest BCUT2D eigenvalue weighted by atomic mass is 79.9. The van der Waals surface area contributed by atoms with E-state index in [2.05, 4.69) is 53.2 Å². The van der Waals surface area contributed by atoms with E-state index >= 15 is 0 Å². The van der Waals surface area contributed by atoms with Gasteiger partial charge in [-0.3, -0.25) is 0 Å². The molecule has 1 rings (SSSR count). The Balaban J connectivity index is 3.19. The monoisotopic (exact) mass is 317 g/mol. The van der Waals surface area contributed by atoms with Crippen LogP contribution in [0.3, 0.4) is 0 Å². The average molecular weight is 320 g/mol. The van der Waals surface area contributed by atoms with Crippen LogP contribution in [0.1, 0.15) is 0 Å². The summed E-state index contributed by atoms with van der Waals surface area (Å²) < 4.78 is 3.10. The van der Waals surface area contributed by atoms with Gasteiger partial charge in [-0.2, -0.15) is 0 Å². The lowest BCUT2D eigenvalue weighted by Crippen LogP contribution is -1.52. The Bertz CT molecular complexity index is 174. The number of thiophene rings is 1. The molecule has 0 aliphatic heterocycles. The molecule has 0 aliphatic rings. The van der Waals surface area contributed by atoms with Crippen molar-refractivity contribution in [1.29, 1.82) is 0 Å². The third-order valence-electron chi connectivity index (χ3n) is 0.596. The number of halogens is 3. The summed E-state index contributed by atoms with van der Waals surface area (Å²) in [7, 11) is 0. The average Bonchev–Trinajstić information content (AvgIpc) is 1.98. The second-order valence-corrected chi connectivity index (χ2v) is 4.83. The summed E-state index contributed by atoms with van der Waals surface area (Å²) in [6, 6.07) is 0. The molecule has 8 heavy (non-hydrogen) atoms. The third-order valence-corrected chi connectivity index (χ3v) is 5.14. The van der Waals surface area contributed by atoms with Crippen LogP contribution < -0.4 is 0 Å². The molecule has 0 atom stereocenters. The lowest BCUT2D eigenvalue weighted by Gasteiger charge is -1.80. The quantitative estimate of drug-likeness (QED) is 0.681. The van der Waals surface area contributed by atoms with Gasteiger partial charge in [-0.05, 0) is 47.8 Å². The predicted octanol–water partition coefficient (Wildman–Crippen LogP) is 3.84. The SMILES string of the molecule is Brc1[c]sc(Br)c1Br. The fraction of sp³-hybridized carbons (Fsp3) is 0. The second kappa shape index (κ2) is 2.82. The van der Waals surface area contributed by atoms with E-state index in [1.54, 1.807) is 0 Å². The van der Waals surface area contributed by atoms with Crippen molar-refractivity contribution in [1.82, 2.24) is 0 Å². The predicted molar refractivity (Wildman–Crippen MR) is 46.3 cm³/mol. The molecule has 43 valence electrons. The van der Waals surface area contributed by atoms with Crippen molar-refractivity contribution in [2.45, 2.75) is 0 Å². The zero-order chi connectivity index (χ0) is 6.15. The van der Waals surface area contributed by atoms with Crippen LogP contribution in [0.2, 0.25) is 0 Å². The molecule has 0 saturated heterocycles. The van der Waals surface area contributed by atoms with Crippen molar-refractivity contribution < 1.29 is 0 Å². The maximum absolute atomic E-state index is 3.33. The summed E-state index contributed by atoms with van der Waals surface area (Å²) in [6.07, 6.45) is 0. The van der Waals surface area contributed by atoms with Gasteiger partial charge in [0.1, 0.15) is 0 Å². The van der Waals surface area contributed by atoms with Crippen LogP contribution >= 0.6 is 59.1 Å². The van der Waals surface area contributed by atoms with Gasteiger partial charge in [-0.25, -0.2) is 0 Å². The minimum absolute atomic E-state index is 0.981. The topological polar surface area (TPSA) is 0 Å². The van der Waals surface area contributed by atoms with Crippen LogP contribution in [-0.4, -0.2) is 0 Å². The maximum atomic E-state index is 3.33. The van der Waals surface area contributed by atoms with Crippen LogP contribution in [0, 0.1) is 5.38 Å². The second-order valence-electron chi connectivity index (χ2n) is 1.11. The molecule has 1 aromatic rings. The highest BCUT2D eigenvalue weighted by Crippen LogP contribution is 2.35. The smallest absolute Gasteiger partial charge is 0.0859 e. The molecule has 4 heteroatoms. The molecule has 0 saturated carbocycles. The van der Waals surface area contributed by atoms with Gasteiger partial charge in [0.15, 0.2) is 0 Å². The summed E-state index contributed by atoms with van der Waals surface area (Å²) >= 11 is 11.5. The van der Waals surface area contributed by atoms with Gasteiger partial charge in [0.25, 0.3) is 0 Å². The molecular weight excluding hydrogens is 320 g/mol. The van der Waals surface area contributed by atoms with Gasteiger partial charge in [-0.15, -0.1) is 11.3 Å². The minimum atomic E-state index is 0.981. The number of hydrogen-bond donors (Lipinski definition) is 0. The minimum Gasteiger partial charge on any atom is -0.125 e. The lowest BCUT2D eigenvalue weighted by molar-refractivity contribution is 1.74. The number of rotatable bonds is 0. The molecule has 0 aliphatic carbocycles. The fourth-order valence-corrected chi connectivity index (χ4v) is 2.49. The van der Waals surface area contributed by atoms with Crippen LogP contribution in [0.5, 0.6) is 0 Å². The van der Waals surface area contributed by atoms with Crippen LogP contribution in [0.4, 0.5) is 0 Å². The molecule has 0 N–H and O–H groups in total. The Kier molecular flexibility index (Phi) is 2.55. The largest absolute Gasteiger partial charge is 0.125 e. The van der Waals surface area contributed by atoms with Crippen LogP contribution in [0.25, 0.3) is 0 Å². The zero-order valence-electron chi connectivity index (χ0n) is 3.54. The van der Waals surface area contributed by atoms with E-state index in [4.69, 9.17) is 0 Å². The van der Waals surface area contributed by atoms with Crippen molar-refractivity contribution in [3.63, 3.8) is 0 Å². The molecule has 1 radical (unpaired) electrons. The normalized spacial score (nSPS) is 9.88. The molecular formula is C4Br3S. The summed E-state index contributed by atoms with van der Waals surface area (Å²) in [5, 5.41) is 3.00.